The molecule has 1 aliphatic heterocycles. The Kier molecular flexibility index (Phi) is 3.26. The lowest BCUT2D eigenvalue weighted by Gasteiger charge is -2.33. The minimum atomic E-state index is -0.728. The number of aromatic nitrogens is 2. The van der Waals surface area contributed by atoms with Crippen molar-refractivity contribution in [3.63, 3.8) is 0 Å². The quantitative estimate of drug-likeness (QED) is 0.906. The van der Waals surface area contributed by atoms with E-state index in [2.05, 4.69) is 14.9 Å². The Balaban J connectivity index is 1.84. The van der Waals surface area contributed by atoms with Gasteiger partial charge in [0.15, 0.2) is 5.82 Å². The van der Waals surface area contributed by atoms with Crippen LogP contribution in [-0.2, 0) is 6.54 Å². The first kappa shape index (κ1) is 13.5. The maximum Gasteiger partial charge on any atom is 0.151 e. The molecule has 1 aromatic heterocycles. The topological polar surface area (TPSA) is 52.1 Å². The second kappa shape index (κ2) is 4.82. The normalized spacial score (nSPS) is 20.9. The molecule has 1 aliphatic rings. The summed E-state index contributed by atoms with van der Waals surface area (Å²) in [5.41, 5.74) is 0.383. The molecular weight excluding hydrogens is 257 g/mol. The van der Waals surface area contributed by atoms with Crippen molar-refractivity contribution in [3.05, 3.63) is 29.8 Å². The van der Waals surface area contributed by atoms with E-state index in [1.54, 1.807) is 6.07 Å². The molecule has 0 spiro atoms. The predicted molar refractivity (Wildman–Crippen MR) is 75.8 cm³/mol. The number of aromatic amines is 1. The fourth-order valence-electron chi connectivity index (χ4n) is 3.13. The van der Waals surface area contributed by atoms with Gasteiger partial charge in [0, 0.05) is 6.04 Å². The summed E-state index contributed by atoms with van der Waals surface area (Å²) in [4.78, 5) is 9.72. The number of nitrogens with one attached hydrogen (secondary N) is 1. The molecule has 1 atom stereocenters. The minimum absolute atomic E-state index is 0.126. The average molecular weight is 277 g/mol. The van der Waals surface area contributed by atoms with Crippen molar-refractivity contribution in [2.24, 2.45) is 0 Å². The third kappa shape index (κ3) is 2.43. The van der Waals surface area contributed by atoms with Gasteiger partial charge in [-0.05, 0) is 45.4 Å². The molecule has 5 heteroatoms. The number of hydrogen-bond acceptors (Lipinski definition) is 3. The van der Waals surface area contributed by atoms with Crippen LogP contribution in [0, 0.1) is 5.82 Å². The van der Waals surface area contributed by atoms with Crippen molar-refractivity contribution >= 4 is 11.0 Å². The maximum absolute atomic E-state index is 13.6. The molecule has 2 N–H and O–H groups in total. The van der Waals surface area contributed by atoms with E-state index in [0.717, 1.165) is 30.7 Å². The highest BCUT2D eigenvalue weighted by atomic mass is 19.1. The van der Waals surface area contributed by atoms with Crippen LogP contribution in [0.4, 0.5) is 4.39 Å². The third-order valence-corrected chi connectivity index (χ3v) is 4.04. The van der Waals surface area contributed by atoms with Gasteiger partial charge in [-0.15, -0.1) is 0 Å². The first-order chi connectivity index (χ1) is 9.45. The van der Waals surface area contributed by atoms with Gasteiger partial charge in [-0.2, -0.15) is 0 Å². The van der Waals surface area contributed by atoms with Gasteiger partial charge in [-0.1, -0.05) is 6.07 Å². The van der Waals surface area contributed by atoms with Gasteiger partial charge < -0.3 is 10.1 Å². The number of rotatable bonds is 3. The fourth-order valence-corrected chi connectivity index (χ4v) is 3.13. The molecule has 2 heterocycles. The van der Waals surface area contributed by atoms with Crippen LogP contribution in [-0.4, -0.2) is 38.2 Å². The number of halogens is 1. The van der Waals surface area contributed by atoms with E-state index in [1.165, 1.54) is 6.07 Å². The molecule has 20 heavy (non-hydrogen) atoms. The van der Waals surface area contributed by atoms with Gasteiger partial charge in [0.05, 0.1) is 17.7 Å². The van der Waals surface area contributed by atoms with Crippen LogP contribution in [0.5, 0.6) is 0 Å². The van der Waals surface area contributed by atoms with Crippen molar-refractivity contribution in [1.82, 2.24) is 14.9 Å². The number of para-hydroxylation sites is 1. The molecule has 2 aromatic rings. The van der Waals surface area contributed by atoms with Crippen LogP contribution in [0.3, 0.4) is 0 Å². The van der Waals surface area contributed by atoms with Gasteiger partial charge >= 0.3 is 0 Å². The molecule has 0 bridgehead atoms. The summed E-state index contributed by atoms with van der Waals surface area (Å²) in [5, 5.41) is 10.2. The summed E-state index contributed by atoms with van der Waals surface area (Å²) in [7, 11) is 0. The van der Waals surface area contributed by atoms with Gasteiger partial charge in [-0.25, -0.2) is 9.37 Å². The maximum atomic E-state index is 13.6. The largest absolute Gasteiger partial charge is 0.389 e. The molecule has 0 saturated carbocycles. The highest BCUT2D eigenvalue weighted by molar-refractivity contribution is 5.75. The van der Waals surface area contributed by atoms with Crippen LogP contribution in [0.1, 0.15) is 32.5 Å². The number of benzene rings is 1. The minimum Gasteiger partial charge on any atom is -0.389 e. The summed E-state index contributed by atoms with van der Waals surface area (Å²) < 4.78 is 13.6. The Morgan fingerprint density at radius 2 is 2.30 bits per heavy atom. The van der Waals surface area contributed by atoms with Crippen LogP contribution >= 0.6 is 0 Å². The number of aliphatic hydroxyl groups is 1. The molecule has 3 rings (SSSR count). The number of likely N-dealkylation sites (tertiary alicyclic amines) is 1. The first-order valence-corrected chi connectivity index (χ1v) is 7.04. The van der Waals surface area contributed by atoms with Gasteiger partial charge in [0.25, 0.3) is 0 Å². The van der Waals surface area contributed by atoms with Crippen LogP contribution in [0.2, 0.25) is 0 Å². The fraction of sp³-hybridized carbons (Fsp3) is 0.533. The predicted octanol–water partition coefficient (Wildman–Crippen LogP) is 2.44. The lowest BCUT2D eigenvalue weighted by molar-refractivity contribution is -0.00565. The summed E-state index contributed by atoms with van der Waals surface area (Å²) in [6.07, 6.45) is 2.06. The van der Waals surface area contributed by atoms with Crippen molar-refractivity contribution in [1.29, 1.82) is 0 Å². The van der Waals surface area contributed by atoms with E-state index in [0.29, 0.717) is 12.1 Å². The SMILES string of the molecule is CC(C)(O)C1CCCN1Cc1nc2c(F)cccc2[nH]1. The molecule has 108 valence electrons. The van der Waals surface area contributed by atoms with Crippen molar-refractivity contribution in [2.75, 3.05) is 6.54 Å². The van der Waals surface area contributed by atoms with E-state index < -0.39 is 5.60 Å². The highest BCUT2D eigenvalue weighted by Gasteiger charge is 2.36. The molecule has 0 radical (unpaired) electrons. The van der Waals surface area contributed by atoms with Gasteiger partial charge in [0.1, 0.15) is 11.3 Å². The van der Waals surface area contributed by atoms with Crippen molar-refractivity contribution < 1.29 is 9.50 Å². The lowest BCUT2D eigenvalue weighted by atomic mass is 9.97. The van der Waals surface area contributed by atoms with Gasteiger partial charge in [0.2, 0.25) is 0 Å². The van der Waals surface area contributed by atoms with E-state index in [9.17, 15) is 9.50 Å². The lowest BCUT2D eigenvalue weighted by Crippen LogP contribution is -2.45. The van der Waals surface area contributed by atoms with Crippen LogP contribution in [0.25, 0.3) is 11.0 Å². The zero-order valence-electron chi connectivity index (χ0n) is 11.9. The van der Waals surface area contributed by atoms with Crippen LogP contribution < -0.4 is 0 Å². The summed E-state index contributed by atoms with van der Waals surface area (Å²) >= 11 is 0. The Bertz CT molecular complexity index is 617. The zero-order valence-corrected chi connectivity index (χ0v) is 11.9. The smallest absolute Gasteiger partial charge is 0.151 e. The Morgan fingerprint density at radius 3 is 3.00 bits per heavy atom. The highest BCUT2D eigenvalue weighted by Crippen LogP contribution is 2.28. The molecule has 1 unspecified atom stereocenters. The average Bonchev–Trinajstić information content (AvgIpc) is 2.95. The molecule has 0 amide bonds. The Hall–Kier alpha value is -1.46. The van der Waals surface area contributed by atoms with E-state index in [1.807, 2.05) is 19.9 Å². The number of hydrogen-bond donors (Lipinski definition) is 2. The number of H-pyrrole nitrogens is 1. The Morgan fingerprint density at radius 1 is 1.50 bits per heavy atom. The van der Waals surface area contributed by atoms with E-state index in [-0.39, 0.29) is 11.9 Å². The number of imidazole rings is 1. The summed E-state index contributed by atoms with van der Waals surface area (Å²) in [6, 6.07) is 5.05. The van der Waals surface area contributed by atoms with Crippen LogP contribution in [0.15, 0.2) is 18.2 Å². The molecular formula is C15H20FN3O. The van der Waals surface area contributed by atoms with Crippen molar-refractivity contribution in [2.45, 2.75) is 44.9 Å². The van der Waals surface area contributed by atoms with E-state index >= 15 is 0 Å². The second-order valence-corrected chi connectivity index (χ2v) is 6.10. The number of nitrogens with zero attached hydrogens (tertiary/aromatic N) is 2. The summed E-state index contributed by atoms with van der Waals surface area (Å²) in [6.45, 7) is 5.24. The van der Waals surface area contributed by atoms with Gasteiger partial charge in [-0.3, -0.25) is 4.90 Å². The standard InChI is InChI=1S/C15H20FN3O/c1-15(2,20)12-7-4-8-19(12)9-13-17-11-6-3-5-10(16)14(11)18-13/h3,5-6,12,20H,4,7-9H2,1-2H3,(H,17,18). The number of fused-ring (bicyclic) bond motifs is 1. The van der Waals surface area contributed by atoms with E-state index in [4.69, 9.17) is 0 Å². The molecule has 1 aromatic carbocycles. The molecule has 1 fully saturated rings. The first-order valence-electron chi connectivity index (χ1n) is 7.04. The third-order valence-electron chi connectivity index (χ3n) is 4.04. The molecule has 4 nitrogen and oxygen atoms in total. The summed E-state index contributed by atoms with van der Waals surface area (Å²) in [5.74, 6) is 0.451. The molecule has 0 aliphatic carbocycles. The van der Waals surface area contributed by atoms with Crippen molar-refractivity contribution in [3.8, 4) is 0 Å². The molecule has 1 saturated heterocycles. The Labute approximate surface area is 117 Å². The second-order valence-electron chi connectivity index (χ2n) is 6.10. The zero-order chi connectivity index (χ0) is 14.3. The monoisotopic (exact) mass is 277 g/mol.